The second-order valence-corrected chi connectivity index (χ2v) is 6.40. The number of hydrogen-bond acceptors (Lipinski definition) is 1. The van der Waals surface area contributed by atoms with Crippen LogP contribution in [0.5, 0.6) is 0 Å². The fourth-order valence-electron chi connectivity index (χ4n) is 3.25. The highest BCUT2D eigenvalue weighted by molar-refractivity contribution is 6.87. The molecule has 0 heterocycles. The lowest BCUT2D eigenvalue weighted by molar-refractivity contribution is 0.106. The zero-order valence-corrected chi connectivity index (χ0v) is 12.1. The molecule has 1 aliphatic rings. The molecule has 1 saturated carbocycles. The van der Waals surface area contributed by atoms with E-state index in [4.69, 9.17) is 0 Å². The van der Waals surface area contributed by atoms with Gasteiger partial charge in [-0.25, -0.2) is 0 Å². The van der Waals surface area contributed by atoms with Crippen molar-refractivity contribution in [2.24, 2.45) is 5.41 Å². The molecule has 1 rings (SSSR count). The van der Waals surface area contributed by atoms with Gasteiger partial charge in [-0.05, 0) is 25.4 Å². The third-order valence-corrected chi connectivity index (χ3v) is 4.56. The Morgan fingerprint density at radius 3 is 2.50 bits per heavy atom. The maximum absolute atomic E-state index is 2.45. The van der Waals surface area contributed by atoms with Gasteiger partial charge in [-0.2, -0.15) is 0 Å². The Kier molecular flexibility index (Phi) is 5.50. The Labute approximate surface area is 105 Å². The van der Waals surface area contributed by atoms with Crippen LogP contribution >= 0.6 is 0 Å². The molecular formula is C12H28B3N. The van der Waals surface area contributed by atoms with E-state index in [1.165, 1.54) is 46.8 Å². The highest BCUT2D eigenvalue weighted by Crippen LogP contribution is 2.54. The van der Waals surface area contributed by atoms with Crippen LogP contribution in [0, 0.1) is 5.41 Å². The maximum atomic E-state index is 2.45. The molecule has 90 valence electrons. The van der Waals surface area contributed by atoms with Crippen LogP contribution in [0.1, 0.15) is 46.5 Å². The molecule has 0 bridgehead atoms. The van der Waals surface area contributed by atoms with Crippen LogP contribution in [0.2, 0.25) is 11.6 Å². The minimum Gasteiger partial charge on any atom is -0.355 e. The summed E-state index contributed by atoms with van der Waals surface area (Å²) in [5.74, 6) is 1.92. The monoisotopic (exact) mass is 219 g/mol. The van der Waals surface area contributed by atoms with Gasteiger partial charge in [-0.1, -0.05) is 51.7 Å². The van der Waals surface area contributed by atoms with Crippen molar-refractivity contribution < 1.29 is 0 Å². The molecule has 16 heavy (non-hydrogen) atoms. The van der Waals surface area contributed by atoms with Crippen molar-refractivity contribution in [2.75, 3.05) is 13.6 Å². The average Bonchev–Trinajstić information content (AvgIpc) is 2.20. The lowest BCUT2D eigenvalue weighted by Crippen LogP contribution is -2.39. The van der Waals surface area contributed by atoms with Crippen molar-refractivity contribution >= 4 is 22.3 Å². The van der Waals surface area contributed by atoms with E-state index in [1.807, 2.05) is 0 Å². The lowest BCUT2D eigenvalue weighted by Gasteiger charge is -2.49. The van der Waals surface area contributed by atoms with E-state index in [-0.39, 0.29) is 0 Å². The van der Waals surface area contributed by atoms with Crippen LogP contribution in [0.4, 0.5) is 0 Å². The maximum Gasteiger partial charge on any atom is 0.161 e. The molecule has 0 aromatic heterocycles. The molecule has 1 fully saturated rings. The van der Waals surface area contributed by atoms with Gasteiger partial charge in [0.15, 0.2) is 7.31 Å². The molecule has 0 radical (unpaired) electrons. The second kappa shape index (κ2) is 6.19. The SMILES string of the molecule is BBN(C)CCC1(CC)CC(BC(C)C)C1. The zero-order chi connectivity index (χ0) is 12.2. The molecule has 0 atom stereocenters. The molecule has 0 saturated heterocycles. The molecule has 0 amide bonds. The van der Waals surface area contributed by atoms with E-state index < -0.39 is 0 Å². The van der Waals surface area contributed by atoms with E-state index in [0.717, 1.165) is 11.6 Å². The molecule has 4 heteroatoms. The first-order valence-electron chi connectivity index (χ1n) is 7.20. The second-order valence-electron chi connectivity index (χ2n) is 6.40. The summed E-state index contributed by atoms with van der Waals surface area (Å²) in [6.45, 7) is 8.39. The summed E-state index contributed by atoms with van der Waals surface area (Å²) in [6.07, 6.45) is 5.81. The Morgan fingerprint density at radius 1 is 1.44 bits per heavy atom. The minimum atomic E-state index is 0.711. The van der Waals surface area contributed by atoms with Gasteiger partial charge >= 0.3 is 0 Å². The highest BCUT2D eigenvalue weighted by Gasteiger charge is 2.42. The summed E-state index contributed by atoms with van der Waals surface area (Å²) >= 11 is 0. The van der Waals surface area contributed by atoms with Crippen molar-refractivity contribution in [3.05, 3.63) is 0 Å². The van der Waals surface area contributed by atoms with Crippen molar-refractivity contribution in [2.45, 2.75) is 58.1 Å². The number of rotatable bonds is 7. The first kappa shape index (κ1) is 14.2. The van der Waals surface area contributed by atoms with E-state index in [0.29, 0.717) is 5.41 Å². The first-order chi connectivity index (χ1) is 7.51. The third kappa shape index (κ3) is 3.87. The normalized spacial score (nSPS) is 29.2. The van der Waals surface area contributed by atoms with Gasteiger partial charge in [0.2, 0.25) is 0 Å². The van der Waals surface area contributed by atoms with Crippen LogP contribution < -0.4 is 0 Å². The molecule has 0 spiro atoms. The van der Waals surface area contributed by atoms with Crippen molar-refractivity contribution in [3.63, 3.8) is 0 Å². The predicted octanol–water partition coefficient (Wildman–Crippen LogP) is 1.45. The first-order valence-corrected chi connectivity index (χ1v) is 7.20. The van der Waals surface area contributed by atoms with Gasteiger partial charge in [0.05, 0.1) is 7.74 Å². The summed E-state index contributed by atoms with van der Waals surface area (Å²) < 4.78 is 0. The largest absolute Gasteiger partial charge is 0.355 e. The third-order valence-electron chi connectivity index (χ3n) is 4.56. The van der Waals surface area contributed by atoms with Gasteiger partial charge in [0.25, 0.3) is 0 Å². The molecule has 0 N–H and O–H groups in total. The van der Waals surface area contributed by atoms with Crippen LogP contribution in [0.15, 0.2) is 0 Å². The van der Waals surface area contributed by atoms with Crippen LogP contribution in [-0.4, -0.2) is 40.7 Å². The van der Waals surface area contributed by atoms with Crippen LogP contribution in [0.3, 0.4) is 0 Å². The molecule has 0 aliphatic heterocycles. The lowest BCUT2D eigenvalue weighted by atomic mass is 9.42. The molecule has 1 aliphatic carbocycles. The van der Waals surface area contributed by atoms with Crippen molar-refractivity contribution in [1.82, 2.24) is 4.81 Å². The molecule has 0 unspecified atom stereocenters. The predicted molar refractivity (Wildman–Crippen MR) is 80.9 cm³/mol. The zero-order valence-electron chi connectivity index (χ0n) is 12.1. The van der Waals surface area contributed by atoms with E-state index in [9.17, 15) is 0 Å². The van der Waals surface area contributed by atoms with E-state index in [2.05, 4.69) is 40.4 Å². The van der Waals surface area contributed by atoms with Gasteiger partial charge in [-0.15, -0.1) is 0 Å². The number of hydrogen-bond donors (Lipinski definition) is 0. The van der Waals surface area contributed by atoms with Crippen molar-refractivity contribution in [1.29, 1.82) is 0 Å². The summed E-state index contributed by atoms with van der Waals surface area (Å²) in [4.78, 5) is 2.45. The van der Waals surface area contributed by atoms with Gasteiger partial charge < -0.3 is 4.81 Å². The minimum absolute atomic E-state index is 0.711. The molecule has 0 aromatic carbocycles. The Morgan fingerprint density at radius 2 is 2.06 bits per heavy atom. The van der Waals surface area contributed by atoms with Crippen LogP contribution in [-0.2, 0) is 0 Å². The number of nitrogens with zero attached hydrogens (tertiary/aromatic N) is 1. The average molecular weight is 219 g/mol. The van der Waals surface area contributed by atoms with Gasteiger partial charge in [-0.3, -0.25) is 0 Å². The summed E-state index contributed by atoms with van der Waals surface area (Å²) in [5, 5.41) is 0. The summed E-state index contributed by atoms with van der Waals surface area (Å²) in [5.41, 5.74) is 0.711. The van der Waals surface area contributed by atoms with E-state index >= 15 is 0 Å². The summed E-state index contributed by atoms with van der Waals surface area (Å²) in [7, 11) is 7.13. The highest BCUT2D eigenvalue weighted by atomic mass is 15.0. The van der Waals surface area contributed by atoms with Gasteiger partial charge in [0, 0.05) is 0 Å². The Balaban J connectivity index is 2.28. The van der Waals surface area contributed by atoms with Gasteiger partial charge in [0.1, 0.15) is 7.28 Å². The molecule has 0 aromatic rings. The van der Waals surface area contributed by atoms with E-state index in [1.54, 1.807) is 0 Å². The molecule has 1 nitrogen and oxygen atoms in total. The molecular weight excluding hydrogens is 191 g/mol. The quantitative estimate of drug-likeness (QED) is 0.585. The van der Waals surface area contributed by atoms with Crippen molar-refractivity contribution in [3.8, 4) is 0 Å². The fraction of sp³-hybridized carbons (Fsp3) is 1.00. The Hall–Kier alpha value is 0.155. The fourth-order valence-corrected chi connectivity index (χ4v) is 3.25. The summed E-state index contributed by atoms with van der Waals surface area (Å²) in [6, 6.07) is 0. The smallest absolute Gasteiger partial charge is 0.161 e. The standard InChI is InChI=1S/C12H28B3N/c1-5-12(6-7-16(4)15-13)8-11(9-12)14-10(2)3/h10-11,14-15H,5-9,13H2,1-4H3. The van der Waals surface area contributed by atoms with Crippen LogP contribution in [0.25, 0.3) is 0 Å². The topological polar surface area (TPSA) is 3.24 Å². The Bertz CT molecular complexity index is 202.